The average molecular weight is 295 g/mol. The molecule has 0 saturated carbocycles. The third-order valence-electron chi connectivity index (χ3n) is 3.93. The quantitative estimate of drug-likeness (QED) is 0.873. The molecule has 20 heavy (non-hydrogen) atoms. The summed E-state index contributed by atoms with van der Waals surface area (Å²) >= 11 is 1.67. The highest BCUT2D eigenvalue weighted by atomic mass is 32.1. The summed E-state index contributed by atoms with van der Waals surface area (Å²) in [5.74, 6) is 1.02. The predicted octanol–water partition coefficient (Wildman–Crippen LogP) is 3.50. The molecule has 1 aliphatic heterocycles. The first-order valence-corrected chi connectivity index (χ1v) is 8.51. The molecule has 1 atom stereocenters. The molecule has 4 nitrogen and oxygen atoms in total. The second kappa shape index (κ2) is 7.62. The van der Waals surface area contributed by atoms with Crippen molar-refractivity contribution >= 4 is 22.4 Å². The lowest BCUT2D eigenvalue weighted by Gasteiger charge is -2.19. The Morgan fingerprint density at radius 1 is 1.45 bits per heavy atom. The first-order chi connectivity index (χ1) is 9.72. The van der Waals surface area contributed by atoms with Crippen molar-refractivity contribution in [2.24, 2.45) is 5.92 Å². The van der Waals surface area contributed by atoms with Gasteiger partial charge in [-0.2, -0.15) is 0 Å². The Hall–Kier alpha value is -1.10. The predicted molar refractivity (Wildman–Crippen MR) is 83.9 cm³/mol. The van der Waals surface area contributed by atoms with Crippen LogP contribution in [0.15, 0.2) is 6.20 Å². The second-order valence-electron chi connectivity index (χ2n) is 5.48. The van der Waals surface area contributed by atoms with Crippen LogP contribution in [0.5, 0.6) is 0 Å². The lowest BCUT2D eigenvalue weighted by atomic mass is 9.98. The molecule has 1 amide bonds. The lowest BCUT2D eigenvalue weighted by Crippen LogP contribution is -2.29. The van der Waals surface area contributed by atoms with Crippen molar-refractivity contribution in [3.8, 4) is 0 Å². The summed E-state index contributed by atoms with van der Waals surface area (Å²) < 4.78 is 0. The molecule has 0 bridgehead atoms. The van der Waals surface area contributed by atoms with Gasteiger partial charge in [0.1, 0.15) is 0 Å². The van der Waals surface area contributed by atoms with Gasteiger partial charge in [0.05, 0.1) is 6.54 Å². The molecule has 0 spiro atoms. The Bertz CT molecular complexity index is 433. The summed E-state index contributed by atoms with van der Waals surface area (Å²) in [5.41, 5.74) is 0. The van der Waals surface area contributed by atoms with Crippen molar-refractivity contribution in [3.05, 3.63) is 11.1 Å². The van der Waals surface area contributed by atoms with E-state index in [0.29, 0.717) is 18.2 Å². The van der Waals surface area contributed by atoms with Crippen LogP contribution in [-0.4, -0.2) is 28.9 Å². The van der Waals surface area contributed by atoms with Crippen LogP contribution < -0.4 is 5.32 Å². The van der Waals surface area contributed by atoms with Crippen LogP contribution in [-0.2, 0) is 11.3 Å². The number of nitrogens with one attached hydrogen (secondary N) is 1. The van der Waals surface area contributed by atoms with Crippen molar-refractivity contribution < 1.29 is 4.79 Å². The molecule has 2 rings (SSSR count). The fraction of sp³-hybridized carbons (Fsp3) is 0.733. The Morgan fingerprint density at radius 2 is 2.30 bits per heavy atom. The Kier molecular flexibility index (Phi) is 5.83. The molecule has 0 radical (unpaired) electrons. The monoisotopic (exact) mass is 295 g/mol. The van der Waals surface area contributed by atoms with E-state index in [1.54, 1.807) is 11.3 Å². The van der Waals surface area contributed by atoms with E-state index in [2.05, 4.69) is 24.1 Å². The maximum Gasteiger partial charge on any atom is 0.222 e. The molecule has 1 aliphatic rings. The van der Waals surface area contributed by atoms with Crippen LogP contribution in [0, 0.1) is 5.92 Å². The number of carbonyl (C=O) groups excluding carboxylic acids is 1. The minimum absolute atomic E-state index is 0.303. The zero-order valence-electron chi connectivity index (χ0n) is 12.5. The zero-order valence-corrected chi connectivity index (χ0v) is 13.3. The summed E-state index contributed by atoms with van der Waals surface area (Å²) in [5, 5.41) is 4.26. The number of anilines is 1. The van der Waals surface area contributed by atoms with Crippen molar-refractivity contribution in [2.75, 3.05) is 18.4 Å². The third kappa shape index (κ3) is 4.20. The van der Waals surface area contributed by atoms with Crippen LogP contribution in [0.2, 0.25) is 0 Å². The number of carbonyl (C=O) groups is 1. The number of thiazole rings is 1. The van der Waals surface area contributed by atoms with E-state index in [1.807, 2.05) is 11.1 Å². The number of aromatic nitrogens is 1. The highest BCUT2D eigenvalue weighted by Crippen LogP contribution is 2.24. The summed E-state index contributed by atoms with van der Waals surface area (Å²) in [6.07, 6.45) is 7.08. The molecule has 1 aromatic heterocycles. The van der Waals surface area contributed by atoms with Crippen LogP contribution in [0.25, 0.3) is 0 Å². The molecule has 1 fully saturated rings. The Morgan fingerprint density at radius 3 is 3.05 bits per heavy atom. The van der Waals surface area contributed by atoms with Crippen LogP contribution >= 0.6 is 11.3 Å². The standard InChI is InChI=1S/C15H25N3OS/c1-3-8-16-15-17-10-13(20-15)11-18-9-7-12(4-2)5-6-14(18)19/h10,12H,3-9,11H2,1-2H3,(H,16,17). The van der Waals surface area contributed by atoms with Gasteiger partial charge < -0.3 is 10.2 Å². The molecule has 5 heteroatoms. The van der Waals surface area contributed by atoms with Crippen molar-refractivity contribution in [1.82, 2.24) is 9.88 Å². The van der Waals surface area contributed by atoms with E-state index in [0.717, 1.165) is 44.0 Å². The molecule has 1 aromatic rings. The van der Waals surface area contributed by atoms with E-state index >= 15 is 0 Å². The third-order valence-corrected chi connectivity index (χ3v) is 4.87. The van der Waals surface area contributed by atoms with Gasteiger partial charge in [-0.15, -0.1) is 11.3 Å². The van der Waals surface area contributed by atoms with Gasteiger partial charge in [0.25, 0.3) is 0 Å². The normalized spacial score (nSPS) is 20.0. The number of nitrogens with zero attached hydrogens (tertiary/aromatic N) is 2. The van der Waals surface area contributed by atoms with Gasteiger partial charge in [0.2, 0.25) is 5.91 Å². The summed E-state index contributed by atoms with van der Waals surface area (Å²) in [4.78, 5) is 19.7. The molecule has 1 unspecified atom stereocenters. The molecule has 1 saturated heterocycles. The number of hydrogen-bond donors (Lipinski definition) is 1. The highest BCUT2D eigenvalue weighted by molar-refractivity contribution is 7.15. The SMILES string of the molecule is CCCNc1ncc(CN2CCC(CC)CCC2=O)s1. The molecule has 1 N–H and O–H groups in total. The van der Waals surface area contributed by atoms with Crippen molar-refractivity contribution in [3.63, 3.8) is 0 Å². The summed E-state index contributed by atoms with van der Waals surface area (Å²) in [6.45, 7) is 6.93. The topological polar surface area (TPSA) is 45.2 Å². The van der Waals surface area contributed by atoms with Crippen LogP contribution in [0.1, 0.15) is 50.8 Å². The van der Waals surface area contributed by atoms with Gasteiger partial charge in [-0.25, -0.2) is 4.98 Å². The number of amides is 1. The van der Waals surface area contributed by atoms with Crippen LogP contribution in [0.3, 0.4) is 0 Å². The van der Waals surface area contributed by atoms with Gasteiger partial charge >= 0.3 is 0 Å². The van der Waals surface area contributed by atoms with E-state index < -0.39 is 0 Å². The zero-order chi connectivity index (χ0) is 14.4. The Labute approximate surface area is 125 Å². The van der Waals surface area contributed by atoms with Crippen LogP contribution in [0.4, 0.5) is 5.13 Å². The van der Waals surface area contributed by atoms with Crippen molar-refractivity contribution in [1.29, 1.82) is 0 Å². The largest absolute Gasteiger partial charge is 0.362 e. The fourth-order valence-corrected chi connectivity index (χ4v) is 3.40. The molecule has 112 valence electrons. The number of rotatable bonds is 6. The number of likely N-dealkylation sites (tertiary alicyclic amines) is 1. The van der Waals surface area contributed by atoms with Gasteiger partial charge in [0.15, 0.2) is 5.13 Å². The van der Waals surface area contributed by atoms with E-state index in [1.165, 1.54) is 11.3 Å². The maximum absolute atomic E-state index is 12.2. The highest BCUT2D eigenvalue weighted by Gasteiger charge is 2.22. The molecular weight excluding hydrogens is 270 g/mol. The fourth-order valence-electron chi connectivity index (χ4n) is 2.55. The minimum Gasteiger partial charge on any atom is -0.362 e. The molecule has 0 aromatic carbocycles. The second-order valence-corrected chi connectivity index (χ2v) is 6.59. The van der Waals surface area contributed by atoms with Gasteiger partial charge in [-0.3, -0.25) is 4.79 Å². The summed E-state index contributed by atoms with van der Waals surface area (Å²) in [7, 11) is 0. The van der Waals surface area contributed by atoms with Gasteiger partial charge in [-0.05, 0) is 25.2 Å². The first-order valence-electron chi connectivity index (χ1n) is 7.69. The number of hydrogen-bond acceptors (Lipinski definition) is 4. The van der Waals surface area contributed by atoms with E-state index in [4.69, 9.17) is 0 Å². The molecule has 0 aliphatic carbocycles. The molecule has 2 heterocycles. The smallest absolute Gasteiger partial charge is 0.222 e. The lowest BCUT2D eigenvalue weighted by molar-refractivity contribution is -0.131. The Balaban J connectivity index is 1.91. The van der Waals surface area contributed by atoms with E-state index in [9.17, 15) is 4.79 Å². The summed E-state index contributed by atoms with van der Waals surface area (Å²) in [6, 6.07) is 0. The minimum atomic E-state index is 0.303. The average Bonchev–Trinajstić information content (AvgIpc) is 2.83. The molecular formula is C15H25N3OS. The first kappa shape index (κ1) is 15.3. The maximum atomic E-state index is 12.2. The van der Waals surface area contributed by atoms with E-state index in [-0.39, 0.29) is 0 Å². The van der Waals surface area contributed by atoms with Crippen molar-refractivity contribution in [2.45, 2.75) is 52.5 Å². The van der Waals surface area contributed by atoms with Gasteiger partial charge in [-0.1, -0.05) is 20.3 Å². The van der Waals surface area contributed by atoms with Gasteiger partial charge in [0, 0.05) is 30.6 Å².